The van der Waals surface area contributed by atoms with E-state index in [0.717, 1.165) is 18.4 Å². The molecule has 3 N–H and O–H groups in total. The highest BCUT2D eigenvalue weighted by Crippen LogP contribution is 2.22. The van der Waals surface area contributed by atoms with Gasteiger partial charge in [-0.15, -0.1) is 0 Å². The SMILES string of the molecule is Cc1cc(N)cc(S(=O)(=O)NCC(=O)N2CCCC2)c1C. The second kappa shape index (κ2) is 6.03. The van der Waals surface area contributed by atoms with Gasteiger partial charge in [-0.05, 0) is 49.9 Å². The first kappa shape index (κ1) is 15.8. The summed E-state index contributed by atoms with van der Waals surface area (Å²) in [6.45, 7) is 4.73. The predicted octanol–water partition coefficient (Wildman–Crippen LogP) is 0.786. The van der Waals surface area contributed by atoms with Crippen molar-refractivity contribution in [3.63, 3.8) is 0 Å². The summed E-state index contributed by atoms with van der Waals surface area (Å²) in [4.78, 5) is 13.7. The molecule has 1 aromatic carbocycles. The van der Waals surface area contributed by atoms with Gasteiger partial charge in [0.25, 0.3) is 0 Å². The first-order valence-corrected chi connectivity index (χ1v) is 8.44. The molecular weight excluding hydrogens is 290 g/mol. The first-order chi connectivity index (χ1) is 9.81. The molecule has 0 atom stereocenters. The number of hydrogen-bond donors (Lipinski definition) is 2. The minimum absolute atomic E-state index is 0.134. The summed E-state index contributed by atoms with van der Waals surface area (Å²) >= 11 is 0. The molecule has 1 amide bonds. The van der Waals surface area contributed by atoms with E-state index in [2.05, 4.69) is 4.72 Å². The summed E-state index contributed by atoms with van der Waals surface area (Å²) in [5.41, 5.74) is 7.56. The molecule has 1 saturated heterocycles. The largest absolute Gasteiger partial charge is 0.399 e. The minimum Gasteiger partial charge on any atom is -0.399 e. The van der Waals surface area contributed by atoms with Crippen LogP contribution in [0.25, 0.3) is 0 Å². The van der Waals surface area contributed by atoms with Gasteiger partial charge in [0.2, 0.25) is 15.9 Å². The molecular formula is C14H21N3O3S. The van der Waals surface area contributed by atoms with Crippen LogP contribution in [0.4, 0.5) is 5.69 Å². The summed E-state index contributed by atoms with van der Waals surface area (Å²) < 4.78 is 27.1. The van der Waals surface area contributed by atoms with Crippen LogP contribution in [0.1, 0.15) is 24.0 Å². The van der Waals surface area contributed by atoms with Crippen LogP contribution in [0, 0.1) is 13.8 Å². The van der Waals surface area contributed by atoms with Crippen molar-refractivity contribution in [2.75, 3.05) is 25.4 Å². The van der Waals surface area contributed by atoms with Gasteiger partial charge in [-0.25, -0.2) is 13.1 Å². The molecule has 6 nitrogen and oxygen atoms in total. The molecule has 1 aromatic rings. The molecule has 1 aliphatic rings. The van der Waals surface area contributed by atoms with Gasteiger partial charge in [-0.3, -0.25) is 4.79 Å². The van der Waals surface area contributed by atoms with Crippen molar-refractivity contribution in [2.24, 2.45) is 0 Å². The molecule has 7 heteroatoms. The number of nitrogens with one attached hydrogen (secondary N) is 1. The van der Waals surface area contributed by atoms with Gasteiger partial charge < -0.3 is 10.6 Å². The zero-order chi connectivity index (χ0) is 15.6. The Morgan fingerprint density at radius 1 is 1.29 bits per heavy atom. The molecule has 2 rings (SSSR count). The molecule has 116 valence electrons. The van der Waals surface area contributed by atoms with Crippen LogP contribution in [0.2, 0.25) is 0 Å². The van der Waals surface area contributed by atoms with Gasteiger partial charge in [-0.2, -0.15) is 0 Å². The third-order valence-corrected chi connectivity index (χ3v) is 5.33. The lowest BCUT2D eigenvalue weighted by atomic mass is 10.1. The molecule has 21 heavy (non-hydrogen) atoms. The zero-order valence-electron chi connectivity index (χ0n) is 12.3. The van der Waals surface area contributed by atoms with Crippen molar-refractivity contribution in [1.82, 2.24) is 9.62 Å². The third-order valence-electron chi connectivity index (χ3n) is 3.80. The fourth-order valence-corrected chi connectivity index (χ4v) is 3.77. The second-order valence-electron chi connectivity index (χ2n) is 5.37. The maximum absolute atomic E-state index is 12.3. The third kappa shape index (κ3) is 3.54. The maximum Gasteiger partial charge on any atom is 0.241 e. The fraction of sp³-hybridized carbons (Fsp3) is 0.500. The van der Waals surface area contributed by atoms with Crippen molar-refractivity contribution in [3.8, 4) is 0 Å². The Morgan fingerprint density at radius 2 is 1.90 bits per heavy atom. The Labute approximate surface area is 125 Å². The maximum atomic E-state index is 12.3. The number of aryl methyl sites for hydroxylation is 1. The molecule has 0 unspecified atom stereocenters. The van der Waals surface area contributed by atoms with Crippen molar-refractivity contribution in [1.29, 1.82) is 0 Å². The number of anilines is 1. The lowest BCUT2D eigenvalue weighted by Gasteiger charge is -2.16. The highest BCUT2D eigenvalue weighted by molar-refractivity contribution is 7.89. The lowest BCUT2D eigenvalue weighted by Crippen LogP contribution is -2.38. The predicted molar refractivity (Wildman–Crippen MR) is 81.3 cm³/mol. The topological polar surface area (TPSA) is 92.5 Å². The second-order valence-corrected chi connectivity index (χ2v) is 7.11. The number of benzene rings is 1. The van der Waals surface area contributed by atoms with Crippen LogP contribution in [0.5, 0.6) is 0 Å². The van der Waals surface area contributed by atoms with Gasteiger partial charge in [-0.1, -0.05) is 0 Å². The fourth-order valence-electron chi connectivity index (χ4n) is 2.45. The summed E-state index contributed by atoms with van der Waals surface area (Å²) in [5, 5.41) is 0. The number of amides is 1. The molecule has 0 aliphatic carbocycles. The van der Waals surface area contributed by atoms with Crippen LogP contribution >= 0.6 is 0 Å². The number of nitrogen functional groups attached to an aromatic ring is 1. The summed E-state index contributed by atoms with van der Waals surface area (Å²) in [6.07, 6.45) is 1.96. The monoisotopic (exact) mass is 311 g/mol. The Balaban J connectivity index is 2.13. The van der Waals surface area contributed by atoms with E-state index in [1.807, 2.05) is 0 Å². The molecule has 0 radical (unpaired) electrons. The van der Waals surface area contributed by atoms with Crippen LogP contribution in [-0.4, -0.2) is 38.9 Å². The molecule has 1 heterocycles. The Hall–Kier alpha value is -1.60. The van der Waals surface area contributed by atoms with E-state index in [9.17, 15) is 13.2 Å². The van der Waals surface area contributed by atoms with Gasteiger partial charge >= 0.3 is 0 Å². The van der Waals surface area contributed by atoms with E-state index in [1.165, 1.54) is 6.07 Å². The quantitative estimate of drug-likeness (QED) is 0.804. The first-order valence-electron chi connectivity index (χ1n) is 6.95. The number of likely N-dealkylation sites (tertiary alicyclic amines) is 1. The number of nitrogens with two attached hydrogens (primary N) is 1. The van der Waals surface area contributed by atoms with Crippen molar-refractivity contribution >= 4 is 21.6 Å². The highest BCUT2D eigenvalue weighted by atomic mass is 32.2. The van der Waals surface area contributed by atoms with Gasteiger partial charge in [0.15, 0.2) is 0 Å². The zero-order valence-corrected chi connectivity index (χ0v) is 13.2. The van der Waals surface area contributed by atoms with E-state index < -0.39 is 10.0 Å². The number of sulfonamides is 1. The highest BCUT2D eigenvalue weighted by Gasteiger charge is 2.22. The minimum atomic E-state index is -3.74. The Kier molecular flexibility index (Phi) is 4.53. The summed E-state index contributed by atoms with van der Waals surface area (Å²) in [6, 6.07) is 3.15. The van der Waals surface area contributed by atoms with Crippen molar-refractivity contribution in [2.45, 2.75) is 31.6 Å². The summed E-state index contributed by atoms with van der Waals surface area (Å²) in [5.74, 6) is -0.186. The normalized spacial score (nSPS) is 15.4. The van der Waals surface area contributed by atoms with E-state index >= 15 is 0 Å². The van der Waals surface area contributed by atoms with Crippen molar-refractivity contribution < 1.29 is 13.2 Å². The van der Waals surface area contributed by atoms with Crippen LogP contribution < -0.4 is 10.5 Å². The van der Waals surface area contributed by atoms with Crippen LogP contribution in [0.15, 0.2) is 17.0 Å². The molecule has 0 aromatic heterocycles. The molecule has 0 spiro atoms. The molecule has 1 aliphatic heterocycles. The number of rotatable bonds is 4. The standard InChI is InChI=1S/C14H21N3O3S/c1-10-7-12(15)8-13(11(10)2)21(19,20)16-9-14(18)17-5-3-4-6-17/h7-8,16H,3-6,9,15H2,1-2H3. The number of hydrogen-bond acceptors (Lipinski definition) is 4. The smallest absolute Gasteiger partial charge is 0.241 e. The molecule has 0 bridgehead atoms. The van der Waals surface area contributed by atoms with Crippen LogP contribution in [-0.2, 0) is 14.8 Å². The van der Waals surface area contributed by atoms with E-state index in [0.29, 0.717) is 24.3 Å². The van der Waals surface area contributed by atoms with Gasteiger partial charge in [0.05, 0.1) is 11.4 Å². The number of nitrogens with zero attached hydrogens (tertiary/aromatic N) is 1. The average Bonchev–Trinajstić information content (AvgIpc) is 2.94. The molecule has 0 saturated carbocycles. The molecule has 1 fully saturated rings. The van der Waals surface area contributed by atoms with E-state index in [4.69, 9.17) is 5.73 Å². The van der Waals surface area contributed by atoms with Crippen molar-refractivity contribution in [3.05, 3.63) is 23.3 Å². The lowest BCUT2D eigenvalue weighted by molar-refractivity contribution is -0.128. The number of carbonyl (C=O) groups is 1. The van der Waals surface area contributed by atoms with E-state index in [1.54, 1.807) is 24.8 Å². The van der Waals surface area contributed by atoms with Gasteiger partial charge in [0.1, 0.15) is 0 Å². The summed E-state index contributed by atoms with van der Waals surface area (Å²) in [7, 11) is -3.74. The number of carbonyl (C=O) groups excluding carboxylic acids is 1. The average molecular weight is 311 g/mol. The Bertz CT molecular complexity index is 650. The Morgan fingerprint density at radius 3 is 2.52 bits per heavy atom. The van der Waals surface area contributed by atoms with E-state index in [-0.39, 0.29) is 17.3 Å². The van der Waals surface area contributed by atoms with Crippen LogP contribution in [0.3, 0.4) is 0 Å². The van der Waals surface area contributed by atoms with Gasteiger partial charge in [0, 0.05) is 18.8 Å².